The van der Waals surface area contributed by atoms with Gasteiger partial charge in [0.1, 0.15) is 0 Å². The molecule has 6 heteroatoms. The van der Waals surface area contributed by atoms with Crippen molar-refractivity contribution in [1.82, 2.24) is 9.80 Å². The van der Waals surface area contributed by atoms with Crippen molar-refractivity contribution in [3.8, 4) is 0 Å². The minimum atomic E-state index is -0.426. The van der Waals surface area contributed by atoms with Crippen molar-refractivity contribution in [2.45, 2.75) is 31.7 Å². The molecule has 0 radical (unpaired) electrons. The number of hydrogen-bond donors (Lipinski definition) is 0. The number of amides is 1. The van der Waals surface area contributed by atoms with Gasteiger partial charge in [0.25, 0.3) is 5.69 Å². The minimum absolute atomic E-state index is 0.0252. The molecule has 0 bridgehead atoms. The van der Waals surface area contributed by atoms with E-state index in [-0.39, 0.29) is 11.6 Å². The van der Waals surface area contributed by atoms with Crippen molar-refractivity contribution in [3.05, 3.63) is 46.0 Å². The average molecular weight is 329 g/mol. The minimum Gasteiger partial charge on any atom is -0.338 e. The van der Waals surface area contributed by atoms with Gasteiger partial charge in [-0.25, -0.2) is 0 Å². The molecular weight excluding hydrogens is 306 g/mol. The largest absolute Gasteiger partial charge is 0.338 e. The van der Waals surface area contributed by atoms with Crippen LogP contribution in [0.25, 0.3) is 6.08 Å². The van der Waals surface area contributed by atoms with Gasteiger partial charge in [-0.05, 0) is 62.5 Å². The quantitative estimate of drug-likeness (QED) is 0.484. The van der Waals surface area contributed by atoms with Crippen LogP contribution in [0.5, 0.6) is 0 Å². The summed E-state index contributed by atoms with van der Waals surface area (Å²) >= 11 is 0. The Balaban J connectivity index is 1.58. The maximum absolute atomic E-state index is 12.4. The molecule has 1 atom stereocenters. The highest BCUT2D eigenvalue weighted by Crippen LogP contribution is 2.21. The molecule has 2 aliphatic heterocycles. The van der Waals surface area contributed by atoms with E-state index in [2.05, 4.69) is 4.90 Å². The van der Waals surface area contributed by atoms with E-state index in [1.807, 2.05) is 4.90 Å². The second kappa shape index (κ2) is 7.57. The van der Waals surface area contributed by atoms with Gasteiger partial charge in [-0.2, -0.15) is 0 Å². The van der Waals surface area contributed by atoms with E-state index in [1.54, 1.807) is 24.3 Å². The molecule has 0 unspecified atom stereocenters. The van der Waals surface area contributed by atoms with Gasteiger partial charge < -0.3 is 4.90 Å². The predicted molar refractivity (Wildman–Crippen MR) is 92.5 cm³/mol. The highest BCUT2D eigenvalue weighted by molar-refractivity contribution is 5.91. The summed E-state index contributed by atoms with van der Waals surface area (Å²) in [5.41, 5.74) is 0.852. The summed E-state index contributed by atoms with van der Waals surface area (Å²) in [4.78, 5) is 27.1. The second-order valence-corrected chi connectivity index (χ2v) is 6.51. The molecule has 2 aliphatic rings. The first kappa shape index (κ1) is 16.6. The molecule has 1 aromatic rings. The molecule has 1 amide bonds. The maximum atomic E-state index is 12.4. The van der Waals surface area contributed by atoms with E-state index in [0.717, 1.165) is 38.2 Å². The lowest BCUT2D eigenvalue weighted by Crippen LogP contribution is -2.48. The van der Waals surface area contributed by atoms with Crippen LogP contribution in [0.15, 0.2) is 30.3 Å². The Hall–Kier alpha value is -2.21. The zero-order chi connectivity index (χ0) is 16.9. The van der Waals surface area contributed by atoms with Gasteiger partial charge >= 0.3 is 0 Å². The lowest BCUT2D eigenvalue weighted by molar-refractivity contribution is -0.384. The lowest BCUT2D eigenvalue weighted by atomic mass is 10.0. The SMILES string of the molecule is O=C(/C=C\c1ccc([N+](=O)[O-])cc1)N1CCC[C@H](N2CCCC2)C1. The third-order valence-electron chi connectivity index (χ3n) is 4.89. The monoisotopic (exact) mass is 329 g/mol. The summed E-state index contributed by atoms with van der Waals surface area (Å²) in [5, 5.41) is 10.6. The van der Waals surface area contributed by atoms with Gasteiger partial charge in [0.2, 0.25) is 5.91 Å². The van der Waals surface area contributed by atoms with Crippen molar-refractivity contribution in [2.75, 3.05) is 26.2 Å². The standard InChI is InChI=1S/C18H23N3O3/c22-18(10-7-15-5-8-16(9-6-15)21(23)24)20-13-3-4-17(14-20)19-11-1-2-12-19/h5-10,17H,1-4,11-14H2/b10-7-/t17-/m0/s1. The molecule has 0 N–H and O–H groups in total. The summed E-state index contributed by atoms with van der Waals surface area (Å²) in [7, 11) is 0. The van der Waals surface area contributed by atoms with Gasteiger partial charge in [0, 0.05) is 37.3 Å². The number of carbonyl (C=O) groups is 1. The Morgan fingerprint density at radius 3 is 2.50 bits per heavy atom. The highest BCUT2D eigenvalue weighted by atomic mass is 16.6. The van der Waals surface area contributed by atoms with Crippen molar-refractivity contribution in [3.63, 3.8) is 0 Å². The van der Waals surface area contributed by atoms with E-state index < -0.39 is 4.92 Å². The van der Waals surface area contributed by atoms with Crippen LogP contribution >= 0.6 is 0 Å². The Morgan fingerprint density at radius 1 is 1.12 bits per heavy atom. The van der Waals surface area contributed by atoms with Crippen molar-refractivity contribution in [1.29, 1.82) is 0 Å². The average Bonchev–Trinajstić information content (AvgIpc) is 3.15. The molecule has 0 aliphatic carbocycles. The molecule has 2 fully saturated rings. The summed E-state index contributed by atoms with van der Waals surface area (Å²) < 4.78 is 0. The third-order valence-corrected chi connectivity index (χ3v) is 4.89. The van der Waals surface area contributed by atoms with Crippen LogP contribution in [-0.2, 0) is 4.79 Å². The van der Waals surface area contributed by atoms with E-state index in [0.29, 0.717) is 6.04 Å². The zero-order valence-corrected chi connectivity index (χ0v) is 13.8. The van der Waals surface area contributed by atoms with Crippen molar-refractivity contribution >= 4 is 17.7 Å². The molecule has 24 heavy (non-hydrogen) atoms. The fourth-order valence-corrected chi connectivity index (χ4v) is 3.54. The molecule has 3 rings (SSSR count). The van der Waals surface area contributed by atoms with Gasteiger partial charge in [-0.3, -0.25) is 19.8 Å². The first-order valence-electron chi connectivity index (χ1n) is 8.59. The number of non-ortho nitro benzene ring substituents is 1. The van der Waals surface area contributed by atoms with Gasteiger partial charge in [0.05, 0.1) is 4.92 Å². The number of carbonyl (C=O) groups excluding carboxylic acids is 1. The summed E-state index contributed by atoms with van der Waals surface area (Å²) in [5.74, 6) is 0.0252. The van der Waals surface area contributed by atoms with Crippen molar-refractivity contribution < 1.29 is 9.72 Å². The molecule has 2 saturated heterocycles. The van der Waals surface area contributed by atoms with Crippen LogP contribution in [0.3, 0.4) is 0 Å². The molecule has 0 aromatic heterocycles. The van der Waals surface area contributed by atoms with Crippen molar-refractivity contribution in [2.24, 2.45) is 0 Å². The molecule has 6 nitrogen and oxygen atoms in total. The number of hydrogen-bond acceptors (Lipinski definition) is 4. The number of benzene rings is 1. The highest BCUT2D eigenvalue weighted by Gasteiger charge is 2.28. The number of rotatable bonds is 4. The molecular formula is C18H23N3O3. The topological polar surface area (TPSA) is 66.7 Å². The van der Waals surface area contributed by atoms with Gasteiger partial charge in [-0.1, -0.05) is 0 Å². The molecule has 0 saturated carbocycles. The smallest absolute Gasteiger partial charge is 0.269 e. The summed E-state index contributed by atoms with van der Waals surface area (Å²) in [6.07, 6.45) is 8.07. The fraction of sp³-hybridized carbons (Fsp3) is 0.500. The number of nitrogens with zero attached hydrogens (tertiary/aromatic N) is 3. The van der Waals surface area contributed by atoms with Gasteiger partial charge in [-0.15, -0.1) is 0 Å². The van der Waals surface area contributed by atoms with Crippen LogP contribution in [0.1, 0.15) is 31.2 Å². The lowest BCUT2D eigenvalue weighted by Gasteiger charge is -2.37. The number of nitro benzene ring substituents is 1. The molecule has 0 spiro atoms. The first-order valence-corrected chi connectivity index (χ1v) is 8.59. The summed E-state index contributed by atoms with van der Waals surface area (Å²) in [6.45, 7) is 3.94. The van der Waals surface area contributed by atoms with E-state index in [9.17, 15) is 14.9 Å². The van der Waals surface area contributed by atoms with Crippen LogP contribution in [-0.4, -0.2) is 52.9 Å². The molecule has 128 valence electrons. The second-order valence-electron chi connectivity index (χ2n) is 6.51. The zero-order valence-electron chi connectivity index (χ0n) is 13.8. The summed E-state index contributed by atoms with van der Waals surface area (Å²) in [6, 6.07) is 6.72. The number of piperidine rings is 1. The Labute approximate surface area is 141 Å². The van der Waals surface area contributed by atoms with Crippen LogP contribution in [0, 0.1) is 10.1 Å². The Kier molecular flexibility index (Phi) is 5.25. The molecule has 2 heterocycles. The normalized spacial score (nSPS) is 22.2. The van der Waals surface area contributed by atoms with Crippen LogP contribution < -0.4 is 0 Å². The third kappa shape index (κ3) is 4.00. The maximum Gasteiger partial charge on any atom is 0.269 e. The van der Waals surface area contributed by atoms with E-state index >= 15 is 0 Å². The number of nitro groups is 1. The molecule has 1 aromatic carbocycles. The van der Waals surface area contributed by atoms with Gasteiger partial charge in [0.15, 0.2) is 0 Å². The Bertz CT molecular complexity index is 621. The number of likely N-dealkylation sites (tertiary alicyclic amines) is 2. The van der Waals surface area contributed by atoms with E-state index in [1.165, 1.54) is 31.4 Å². The predicted octanol–water partition coefficient (Wildman–Crippen LogP) is 2.69. The Morgan fingerprint density at radius 2 is 1.83 bits per heavy atom. The van der Waals surface area contributed by atoms with E-state index in [4.69, 9.17) is 0 Å². The fourth-order valence-electron chi connectivity index (χ4n) is 3.54. The van der Waals surface area contributed by atoms with Crippen LogP contribution in [0.4, 0.5) is 5.69 Å². The van der Waals surface area contributed by atoms with Crippen LogP contribution in [0.2, 0.25) is 0 Å². The first-order chi connectivity index (χ1) is 11.6.